The van der Waals surface area contributed by atoms with Crippen LogP contribution in [0.1, 0.15) is 6.42 Å². The van der Waals surface area contributed by atoms with Gasteiger partial charge in [0.25, 0.3) is 0 Å². The molecule has 0 bridgehead atoms. The van der Waals surface area contributed by atoms with Crippen molar-refractivity contribution in [2.45, 2.75) is 12.5 Å². The third kappa shape index (κ3) is 1.88. The topological polar surface area (TPSA) is 70.8 Å². The number of nitrogens with zero attached hydrogens (tertiary/aromatic N) is 3. The first-order valence-corrected chi connectivity index (χ1v) is 7.59. The van der Waals surface area contributed by atoms with E-state index in [4.69, 9.17) is 5.73 Å². The van der Waals surface area contributed by atoms with Crippen LogP contribution in [0.2, 0.25) is 0 Å². The van der Waals surface area contributed by atoms with Gasteiger partial charge in [-0.1, -0.05) is 18.2 Å². The van der Waals surface area contributed by atoms with E-state index in [1.165, 1.54) is 10.1 Å². The molecule has 1 atom stereocenters. The zero-order valence-electron chi connectivity index (χ0n) is 10.9. The van der Waals surface area contributed by atoms with Gasteiger partial charge < -0.3 is 10.6 Å². The Hall–Kier alpha value is -1.92. The number of H-pyrrole nitrogens is 1. The SMILES string of the molecule is NC1CCN(c2n[nH]c(-c3csc4ccccc34)n2)C1. The van der Waals surface area contributed by atoms with Crippen molar-refractivity contribution in [3.8, 4) is 11.4 Å². The fourth-order valence-electron chi connectivity index (χ4n) is 2.64. The molecule has 102 valence electrons. The van der Waals surface area contributed by atoms with E-state index in [2.05, 4.69) is 49.7 Å². The van der Waals surface area contributed by atoms with Crippen LogP contribution in [0, 0.1) is 0 Å². The van der Waals surface area contributed by atoms with Crippen molar-refractivity contribution >= 4 is 27.4 Å². The van der Waals surface area contributed by atoms with Gasteiger partial charge in [0.2, 0.25) is 5.95 Å². The molecule has 3 aromatic rings. The second kappa shape index (κ2) is 4.57. The summed E-state index contributed by atoms with van der Waals surface area (Å²) in [6.07, 6.45) is 1.01. The lowest BCUT2D eigenvalue weighted by atomic mass is 10.2. The Morgan fingerprint density at radius 1 is 1.35 bits per heavy atom. The Morgan fingerprint density at radius 3 is 3.10 bits per heavy atom. The number of anilines is 1. The van der Waals surface area contributed by atoms with Crippen LogP contribution < -0.4 is 10.6 Å². The monoisotopic (exact) mass is 285 g/mol. The molecule has 6 heteroatoms. The van der Waals surface area contributed by atoms with Crippen LogP contribution in [0.25, 0.3) is 21.5 Å². The molecule has 0 amide bonds. The first-order valence-electron chi connectivity index (χ1n) is 6.71. The first-order chi connectivity index (χ1) is 9.81. The molecule has 20 heavy (non-hydrogen) atoms. The average Bonchev–Trinajstić information content (AvgIpc) is 3.15. The molecule has 5 nitrogen and oxygen atoms in total. The number of nitrogens with one attached hydrogen (secondary N) is 1. The molecule has 0 spiro atoms. The van der Waals surface area contributed by atoms with E-state index in [1.54, 1.807) is 11.3 Å². The minimum Gasteiger partial charge on any atom is -0.338 e. The van der Waals surface area contributed by atoms with Gasteiger partial charge in [0.1, 0.15) is 0 Å². The lowest BCUT2D eigenvalue weighted by Crippen LogP contribution is -2.26. The van der Waals surface area contributed by atoms with E-state index >= 15 is 0 Å². The van der Waals surface area contributed by atoms with Gasteiger partial charge in [-0.05, 0) is 12.5 Å². The number of fused-ring (bicyclic) bond motifs is 1. The zero-order chi connectivity index (χ0) is 13.5. The standard InChI is InChI=1S/C14H15N5S/c15-9-5-6-19(7-9)14-16-13(17-18-14)11-8-20-12-4-2-1-3-10(11)12/h1-4,8-9H,5-7,15H2,(H,16,17,18). The predicted molar refractivity (Wildman–Crippen MR) is 82.0 cm³/mol. The van der Waals surface area contributed by atoms with Gasteiger partial charge in [-0.25, -0.2) is 0 Å². The van der Waals surface area contributed by atoms with Crippen molar-refractivity contribution in [3.05, 3.63) is 29.6 Å². The summed E-state index contributed by atoms with van der Waals surface area (Å²) in [7, 11) is 0. The van der Waals surface area contributed by atoms with Gasteiger partial charge in [0.15, 0.2) is 5.82 Å². The summed E-state index contributed by atoms with van der Waals surface area (Å²) in [5, 5.41) is 10.7. The summed E-state index contributed by atoms with van der Waals surface area (Å²) >= 11 is 1.73. The largest absolute Gasteiger partial charge is 0.338 e. The van der Waals surface area contributed by atoms with Crippen LogP contribution in [0.4, 0.5) is 5.95 Å². The number of benzene rings is 1. The molecule has 1 saturated heterocycles. The highest BCUT2D eigenvalue weighted by Gasteiger charge is 2.23. The van der Waals surface area contributed by atoms with Gasteiger partial charge in [-0.15, -0.1) is 16.4 Å². The molecule has 0 radical (unpaired) electrons. The van der Waals surface area contributed by atoms with E-state index in [9.17, 15) is 0 Å². The molecule has 4 rings (SSSR count). The zero-order valence-corrected chi connectivity index (χ0v) is 11.7. The van der Waals surface area contributed by atoms with Crippen LogP contribution in [0.15, 0.2) is 29.6 Å². The van der Waals surface area contributed by atoms with E-state index in [-0.39, 0.29) is 6.04 Å². The summed E-state index contributed by atoms with van der Waals surface area (Å²) < 4.78 is 1.27. The van der Waals surface area contributed by atoms with Crippen molar-refractivity contribution in [1.29, 1.82) is 0 Å². The van der Waals surface area contributed by atoms with Crippen molar-refractivity contribution in [1.82, 2.24) is 15.2 Å². The highest BCUT2D eigenvalue weighted by molar-refractivity contribution is 7.17. The molecular formula is C14H15N5S. The fraction of sp³-hybridized carbons (Fsp3) is 0.286. The van der Waals surface area contributed by atoms with Crippen LogP contribution in [-0.4, -0.2) is 34.3 Å². The molecule has 2 aromatic heterocycles. The van der Waals surface area contributed by atoms with Crippen LogP contribution in [0.5, 0.6) is 0 Å². The highest BCUT2D eigenvalue weighted by atomic mass is 32.1. The Labute approximate surface area is 120 Å². The Kier molecular flexibility index (Phi) is 2.71. The normalized spacial score (nSPS) is 19.1. The van der Waals surface area contributed by atoms with Crippen molar-refractivity contribution in [2.75, 3.05) is 18.0 Å². The first kappa shape index (κ1) is 11.9. The number of nitrogens with two attached hydrogens (primary N) is 1. The van der Waals surface area contributed by atoms with Crippen molar-refractivity contribution in [3.63, 3.8) is 0 Å². The van der Waals surface area contributed by atoms with E-state index in [1.807, 2.05) is 0 Å². The summed E-state index contributed by atoms with van der Waals surface area (Å²) in [6, 6.07) is 8.59. The second-order valence-electron chi connectivity index (χ2n) is 5.12. The van der Waals surface area contributed by atoms with Gasteiger partial charge in [-0.2, -0.15) is 4.98 Å². The molecule has 1 aromatic carbocycles. The lowest BCUT2D eigenvalue weighted by Gasteiger charge is -2.11. The average molecular weight is 285 g/mol. The smallest absolute Gasteiger partial charge is 0.245 e. The van der Waals surface area contributed by atoms with Crippen LogP contribution >= 0.6 is 11.3 Å². The number of hydrogen-bond acceptors (Lipinski definition) is 5. The molecule has 0 aliphatic carbocycles. The third-order valence-electron chi connectivity index (χ3n) is 3.72. The molecule has 0 saturated carbocycles. The summed E-state index contributed by atoms with van der Waals surface area (Å²) in [6.45, 7) is 1.77. The van der Waals surface area contributed by atoms with Crippen molar-refractivity contribution < 1.29 is 0 Å². The number of aromatic amines is 1. The van der Waals surface area contributed by atoms with Gasteiger partial charge >= 0.3 is 0 Å². The second-order valence-corrected chi connectivity index (χ2v) is 6.04. The molecule has 1 fully saturated rings. The molecule has 3 N–H and O–H groups in total. The quantitative estimate of drug-likeness (QED) is 0.757. The summed E-state index contributed by atoms with van der Waals surface area (Å²) in [4.78, 5) is 6.77. The Morgan fingerprint density at radius 2 is 2.25 bits per heavy atom. The minimum absolute atomic E-state index is 0.235. The molecule has 1 aliphatic heterocycles. The molecule has 1 unspecified atom stereocenters. The van der Waals surface area contributed by atoms with Crippen LogP contribution in [0.3, 0.4) is 0 Å². The van der Waals surface area contributed by atoms with E-state index in [0.717, 1.165) is 36.8 Å². The van der Waals surface area contributed by atoms with Crippen LogP contribution in [-0.2, 0) is 0 Å². The predicted octanol–water partition coefficient (Wildman–Crippen LogP) is 2.22. The maximum Gasteiger partial charge on any atom is 0.245 e. The summed E-state index contributed by atoms with van der Waals surface area (Å²) in [5.41, 5.74) is 7.05. The number of aromatic nitrogens is 3. The van der Waals surface area contributed by atoms with E-state index in [0.29, 0.717) is 0 Å². The summed E-state index contributed by atoms with van der Waals surface area (Å²) in [5.74, 6) is 1.58. The van der Waals surface area contributed by atoms with Gasteiger partial charge in [-0.3, -0.25) is 5.10 Å². The number of hydrogen-bond donors (Lipinski definition) is 2. The fourth-order valence-corrected chi connectivity index (χ4v) is 3.59. The number of rotatable bonds is 2. The minimum atomic E-state index is 0.235. The highest BCUT2D eigenvalue weighted by Crippen LogP contribution is 2.32. The van der Waals surface area contributed by atoms with E-state index < -0.39 is 0 Å². The van der Waals surface area contributed by atoms with Gasteiger partial charge in [0.05, 0.1) is 0 Å². The molecule has 1 aliphatic rings. The number of thiophene rings is 1. The lowest BCUT2D eigenvalue weighted by molar-refractivity contribution is 0.750. The molecule has 3 heterocycles. The van der Waals surface area contributed by atoms with Crippen molar-refractivity contribution in [2.24, 2.45) is 5.73 Å². The maximum absolute atomic E-state index is 5.93. The third-order valence-corrected chi connectivity index (χ3v) is 4.68. The van der Waals surface area contributed by atoms with Gasteiger partial charge in [0, 0.05) is 40.2 Å². The Balaban J connectivity index is 1.71. The Bertz CT molecular complexity index is 747. The molecular weight excluding hydrogens is 270 g/mol. The maximum atomic E-state index is 5.93.